The monoisotopic (exact) mass is 452 g/mol. The first-order valence-electron chi connectivity index (χ1n) is 8.94. The Bertz CT molecular complexity index is 1030. The van der Waals surface area contributed by atoms with Crippen LogP contribution >= 0.6 is 11.6 Å². The van der Waals surface area contributed by atoms with Gasteiger partial charge in [0.1, 0.15) is 0 Å². The Kier molecular flexibility index (Phi) is 8.47. The van der Waals surface area contributed by atoms with Crippen molar-refractivity contribution >= 4 is 22.5 Å². The molecule has 0 radical (unpaired) electrons. The third-order valence-electron chi connectivity index (χ3n) is 3.63. The van der Waals surface area contributed by atoms with Crippen LogP contribution in [0, 0.1) is 0 Å². The summed E-state index contributed by atoms with van der Waals surface area (Å²) >= 11 is 6.14. The fourth-order valence-corrected chi connectivity index (χ4v) is 2.75. The first kappa shape index (κ1) is 25.5. The van der Waals surface area contributed by atoms with Crippen molar-refractivity contribution < 1.29 is 26.3 Å². The van der Waals surface area contributed by atoms with E-state index in [4.69, 9.17) is 11.6 Å². The average Bonchev–Trinajstić information content (AvgIpc) is 2.69. The molecule has 0 aliphatic carbocycles. The number of rotatable bonds is 1. The van der Waals surface area contributed by atoms with Gasteiger partial charge in [-0.1, -0.05) is 45.4 Å². The molecule has 0 saturated carbocycles. The van der Waals surface area contributed by atoms with E-state index in [-0.39, 0.29) is 33.1 Å². The van der Waals surface area contributed by atoms with Crippen LogP contribution in [0.15, 0.2) is 41.3 Å². The number of aromatic nitrogens is 2. The highest BCUT2D eigenvalue weighted by Gasteiger charge is 2.37. The summed E-state index contributed by atoms with van der Waals surface area (Å²) in [7, 11) is 0. The number of fused-ring (bicyclic) bond motifs is 1. The molecule has 10 heteroatoms. The number of halogens is 7. The second kappa shape index (κ2) is 9.97. The summed E-state index contributed by atoms with van der Waals surface area (Å²) in [5.41, 5.74) is -3.72. The normalized spacial score (nSPS) is 11.3. The second-order valence-corrected chi connectivity index (χ2v) is 5.75. The SMILES string of the molecule is CC.CC.O=c1ncc2c(Cl)c(-c3cc(C(F)(F)F)cc(C(F)(F)F)c3)ccc2[nH]1. The molecular formula is C20H19ClF6N2O. The Morgan fingerprint density at radius 1 is 0.867 bits per heavy atom. The van der Waals surface area contributed by atoms with Gasteiger partial charge in [0.05, 0.1) is 21.7 Å². The molecule has 0 spiro atoms. The van der Waals surface area contributed by atoms with Gasteiger partial charge in [-0.3, -0.25) is 0 Å². The molecular weight excluding hydrogens is 434 g/mol. The summed E-state index contributed by atoms with van der Waals surface area (Å²) in [6, 6.07) is 3.77. The highest BCUT2D eigenvalue weighted by Crippen LogP contribution is 2.41. The topological polar surface area (TPSA) is 45.8 Å². The molecule has 0 aliphatic heterocycles. The Labute approximate surface area is 173 Å². The number of aromatic amines is 1. The maximum atomic E-state index is 13.0. The van der Waals surface area contributed by atoms with Gasteiger partial charge in [0.15, 0.2) is 0 Å². The first-order valence-corrected chi connectivity index (χ1v) is 9.32. The first-order chi connectivity index (χ1) is 14.0. The third-order valence-corrected chi connectivity index (χ3v) is 4.04. The van der Waals surface area contributed by atoms with Gasteiger partial charge in [-0.2, -0.15) is 26.3 Å². The molecule has 0 atom stereocenters. The van der Waals surface area contributed by atoms with E-state index >= 15 is 0 Å². The van der Waals surface area contributed by atoms with Crippen LogP contribution in [-0.2, 0) is 12.4 Å². The van der Waals surface area contributed by atoms with Gasteiger partial charge in [0.25, 0.3) is 0 Å². The Morgan fingerprint density at radius 3 is 1.83 bits per heavy atom. The zero-order chi connectivity index (χ0) is 23.3. The molecule has 164 valence electrons. The van der Waals surface area contributed by atoms with E-state index < -0.39 is 29.2 Å². The molecule has 1 aromatic heterocycles. The molecule has 0 saturated heterocycles. The van der Waals surface area contributed by atoms with Crippen LogP contribution < -0.4 is 5.69 Å². The van der Waals surface area contributed by atoms with Crippen molar-refractivity contribution in [3.8, 4) is 11.1 Å². The Balaban J connectivity index is 0.00000106. The van der Waals surface area contributed by atoms with Crippen molar-refractivity contribution in [2.45, 2.75) is 40.0 Å². The second-order valence-electron chi connectivity index (χ2n) is 5.37. The lowest BCUT2D eigenvalue weighted by Crippen LogP contribution is -2.11. The number of hydrogen-bond acceptors (Lipinski definition) is 2. The van der Waals surface area contributed by atoms with Crippen LogP contribution in [0.25, 0.3) is 22.0 Å². The largest absolute Gasteiger partial charge is 0.416 e. The van der Waals surface area contributed by atoms with Crippen molar-refractivity contribution in [3.63, 3.8) is 0 Å². The van der Waals surface area contributed by atoms with E-state index in [0.29, 0.717) is 12.1 Å². The quantitative estimate of drug-likeness (QED) is 0.393. The van der Waals surface area contributed by atoms with Crippen LogP contribution in [0.5, 0.6) is 0 Å². The predicted molar refractivity (Wildman–Crippen MR) is 106 cm³/mol. The average molecular weight is 453 g/mol. The summed E-state index contributed by atoms with van der Waals surface area (Å²) in [4.78, 5) is 17.0. The number of benzene rings is 2. The molecule has 1 N–H and O–H groups in total. The van der Waals surface area contributed by atoms with E-state index in [9.17, 15) is 31.1 Å². The van der Waals surface area contributed by atoms with Crippen LogP contribution in [-0.4, -0.2) is 9.97 Å². The van der Waals surface area contributed by atoms with E-state index in [0.717, 1.165) is 6.20 Å². The molecule has 3 aromatic rings. The van der Waals surface area contributed by atoms with E-state index in [2.05, 4.69) is 9.97 Å². The maximum Gasteiger partial charge on any atom is 0.416 e. The zero-order valence-electron chi connectivity index (χ0n) is 16.5. The summed E-state index contributed by atoms with van der Waals surface area (Å²) in [5.74, 6) is 0. The maximum absolute atomic E-state index is 13.0. The fraction of sp³-hybridized carbons (Fsp3) is 0.300. The van der Waals surface area contributed by atoms with Gasteiger partial charge in [-0.25, -0.2) is 9.78 Å². The highest BCUT2D eigenvalue weighted by molar-refractivity contribution is 6.38. The van der Waals surface area contributed by atoms with Crippen LogP contribution in [0.3, 0.4) is 0 Å². The summed E-state index contributed by atoms with van der Waals surface area (Å²) in [6.45, 7) is 8.00. The van der Waals surface area contributed by atoms with E-state index in [1.807, 2.05) is 27.7 Å². The summed E-state index contributed by atoms with van der Waals surface area (Å²) in [6.07, 6.45) is -8.84. The minimum Gasteiger partial charge on any atom is -0.305 e. The minimum absolute atomic E-state index is 0.0392. The molecule has 0 unspecified atom stereocenters. The van der Waals surface area contributed by atoms with Crippen molar-refractivity contribution in [2.24, 2.45) is 0 Å². The molecule has 0 bridgehead atoms. The van der Waals surface area contributed by atoms with Crippen molar-refractivity contribution in [3.05, 3.63) is 63.2 Å². The lowest BCUT2D eigenvalue weighted by molar-refractivity contribution is -0.143. The van der Waals surface area contributed by atoms with E-state index in [1.165, 1.54) is 12.1 Å². The number of H-pyrrole nitrogens is 1. The Morgan fingerprint density at radius 2 is 1.37 bits per heavy atom. The predicted octanol–water partition coefficient (Wildman–Crippen LogP) is 7.33. The fourth-order valence-electron chi connectivity index (χ4n) is 2.43. The molecule has 3 rings (SSSR count). The lowest BCUT2D eigenvalue weighted by atomic mass is 9.98. The van der Waals surface area contributed by atoms with Gasteiger partial charge in [-0.15, -0.1) is 0 Å². The number of alkyl halides is 6. The zero-order valence-corrected chi connectivity index (χ0v) is 17.2. The molecule has 1 heterocycles. The highest BCUT2D eigenvalue weighted by atomic mass is 35.5. The van der Waals surface area contributed by atoms with Gasteiger partial charge >= 0.3 is 18.0 Å². The van der Waals surface area contributed by atoms with Gasteiger partial charge in [0.2, 0.25) is 0 Å². The third kappa shape index (κ3) is 5.75. The van der Waals surface area contributed by atoms with Gasteiger partial charge in [-0.05, 0) is 29.8 Å². The molecule has 3 nitrogen and oxygen atoms in total. The van der Waals surface area contributed by atoms with Crippen molar-refractivity contribution in [1.29, 1.82) is 0 Å². The molecule has 2 aromatic carbocycles. The number of hydrogen-bond donors (Lipinski definition) is 1. The van der Waals surface area contributed by atoms with Gasteiger partial charge < -0.3 is 4.98 Å². The minimum atomic E-state index is -4.97. The molecule has 0 aliphatic rings. The molecule has 0 fully saturated rings. The van der Waals surface area contributed by atoms with Gasteiger partial charge in [0, 0.05) is 17.1 Å². The molecule has 30 heavy (non-hydrogen) atoms. The summed E-state index contributed by atoms with van der Waals surface area (Å²) in [5, 5.41) is 0.0634. The smallest absolute Gasteiger partial charge is 0.305 e. The van der Waals surface area contributed by atoms with Crippen molar-refractivity contribution in [2.75, 3.05) is 0 Å². The summed E-state index contributed by atoms with van der Waals surface area (Å²) < 4.78 is 78.0. The Hall–Kier alpha value is -2.55. The number of nitrogens with zero attached hydrogens (tertiary/aromatic N) is 1. The standard InChI is InChI=1S/C16H7ClF6N2O.2C2H6/c17-13-10(1-2-12-11(13)6-24-14(26)25-12)7-3-8(15(18,19)20)5-9(4-7)16(21,22)23;2*1-2/h1-6H,(H,24,25,26);2*1-2H3. The van der Waals surface area contributed by atoms with Crippen LogP contribution in [0.2, 0.25) is 5.02 Å². The van der Waals surface area contributed by atoms with Crippen molar-refractivity contribution in [1.82, 2.24) is 9.97 Å². The lowest BCUT2D eigenvalue weighted by Gasteiger charge is -2.15. The van der Waals surface area contributed by atoms with E-state index in [1.54, 1.807) is 0 Å². The van der Waals surface area contributed by atoms with Crippen LogP contribution in [0.1, 0.15) is 38.8 Å². The number of nitrogens with one attached hydrogen (secondary N) is 1. The van der Waals surface area contributed by atoms with Crippen LogP contribution in [0.4, 0.5) is 26.3 Å². The molecule has 0 amide bonds.